The van der Waals surface area contributed by atoms with Crippen molar-refractivity contribution in [2.24, 2.45) is 5.92 Å². The molecule has 0 aliphatic heterocycles. The van der Waals surface area contributed by atoms with Gasteiger partial charge in [-0.3, -0.25) is 0 Å². The topological polar surface area (TPSA) is 32.3 Å². The Kier molecular flexibility index (Phi) is 3.45. The standard InChI is InChI=1S/C16H22N2O/c1-12(14-7-8-14)18(16(19)17-15-9-10-15)11-13-5-3-2-4-6-13/h2-6,12,14-15H,7-11H2,1H3,(H,17,19). The maximum Gasteiger partial charge on any atom is 0.318 e. The van der Waals surface area contributed by atoms with E-state index in [9.17, 15) is 4.79 Å². The molecular formula is C16H22N2O. The van der Waals surface area contributed by atoms with Gasteiger partial charge in [0.25, 0.3) is 0 Å². The van der Waals surface area contributed by atoms with E-state index in [0.29, 0.717) is 18.0 Å². The van der Waals surface area contributed by atoms with Gasteiger partial charge in [-0.25, -0.2) is 4.79 Å². The molecule has 1 unspecified atom stereocenters. The van der Waals surface area contributed by atoms with Gasteiger partial charge in [0.05, 0.1) is 0 Å². The fourth-order valence-corrected chi connectivity index (χ4v) is 2.50. The molecule has 1 aromatic rings. The highest BCUT2D eigenvalue weighted by Gasteiger charge is 2.35. The van der Waals surface area contributed by atoms with Crippen molar-refractivity contribution >= 4 is 6.03 Å². The van der Waals surface area contributed by atoms with Crippen molar-refractivity contribution in [1.82, 2.24) is 10.2 Å². The summed E-state index contributed by atoms with van der Waals surface area (Å²) in [6.07, 6.45) is 4.82. The minimum Gasteiger partial charge on any atom is -0.335 e. The Bertz CT molecular complexity index is 437. The van der Waals surface area contributed by atoms with E-state index in [-0.39, 0.29) is 6.03 Å². The van der Waals surface area contributed by atoms with Crippen molar-refractivity contribution in [1.29, 1.82) is 0 Å². The fraction of sp³-hybridized carbons (Fsp3) is 0.562. The van der Waals surface area contributed by atoms with Gasteiger partial charge < -0.3 is 10.2 Å². The molecule has 19 heavy (non-hydrogen) atoms. The third-order valence-electron chi connectivity index (χ3n) is 4.16. The van der Waals surface area contributed by atoms with Crippen LogP contribution < -0.4 is 5.32 Å². The van der Waals surface area contributed by atoms with E-state index >= 15 is 0 Å². The lowest BCUT2D eigenvalue weighted by Crippen LogP contribution is -2.46. The van der Waals surface area contributed by atoms with Crippen LogP contribution in [0.5, 0.6) is 0 Å². The molecule has 0 bridgehead atoms. The number of hydrogen-bond donors (Lipinski definition) is 1. The SMILES string of the molecule is CC(C1CC1)N(Cc1ccccc1)C(=O)NC1CC1. The van der Waals surface area contributed by atoms with Gasteiger partial charge in [0, 0.05) is 18.6 Å². The van der Waals surface area contributed by atoms with Crippen LogP contribution in [-0.4, -0.2) is 23.0 Å². The van der Waals surface area contributed by atoms with E-state index in [1.54, 1.807) is 0 Å². The van der Waals surface area contributed by atoms with Gasteiger partial charge in [0.15, 0.2) is 0 Å². The summed E-state index contributed by atoms with van der Waals surface area (Å²) in [5.41, 5.74) is 1.21. The maximum absolute atomic E-state index is 12.4. The van der Waals surface area contributed by atoms with Gasteiger partial charge in [-0.15, -0.1) is 0 Å². The van der Waals surface area contributed by atoms with E-state index in [1.807, 2.05) is 23.1 Å². The molecule has 0 radical (unpaired) electrons. The van der Waals surface area contributed by atoms with Crippen LogP contribution in [0.25, 0.3) is 0 Å². The minimum atomic E-state index is 0.116. The molecule has 2 saturated carbocycles. The van der Waals surface area contributed by atoms with Gasteiger partial charge >= 0.3 is 6.03 Å². The number of nitrogens with one attached hydrogen (secondary N) is 1. The van der Waals surface area contributed by atoms with Crippen LogP contribution in [0.2, 0.25) is 0 Å². The summed E-state index contributed by atoms with van der Waals surface area (Å²) >= 11 is 0. The molecule has 0 spiro atoms. The molecule has 0 saturated heterocycles. The van der Waals surface area contributed by atoms with Gasteiger partial charge in [-0.05, 0) is 44.1 Å². The number of urea groups is 1. The summed E-state index contributed by atoms with van der Waals surface area (Å²) in [6, 6.07) is 11.2. The summed E-state index contributed by atoms with van der Waals surface area (Å²) in [5, 5.41) is 3.12. The lowest BCUT2D eigenvalue weighted by molar-refractivity contribution is 0.167. The smallest absolute Gasteiger partial charge is 0.318 e. The molecule has 1 aromatic carbocycles. The second-order valence-corrected chi connectivity index (χ2v) is 5.92. The lowest BCUT2D eigenvalue weighted by Gasteiger charge is -2.29. The molecule has 0 aromatic heterocycles. The Morgan fingerprint density at radius 3 is 2.53 bits per heavy atom. The van der Waals surface area contributed by atoms with Crippen LogP contribution in [0.3, 0.4) is 0 Å². The van der Waals surface area contributed by atoms with Crippen molar-refractivity contribution in [2.75, 3.05) is 0 Å². The summed E-state index contributed by atoms with van der Waals surface area (Å²) in [6.45, 7) is 2.91. The van der Waals surface area contributed by atoms with E-state index in [1.165, 1.54) is 18.4 Å². The highest BCUT2D eigenvalue weighted by Crippen LogP contribution is 2.36. The highest BCUT2D eigenvalue weighted by atomic mass is 16.2. The Morgan fingerprint density at radius 2 is 1.95 bits per heavy atom. The largest absolute Gasteiger partial charge is 0.335 e. The second-order valence-electron chi connectivity index (χ2n) is 5.92. The van der Waals surface area contributed by atoms with Crippen molar-refractivity contribution in [3.05, 3.63) is 35.9 Å². The summed E-state index contributed by atoms with van der Waals surface area (Å²) in [5.74, 6) is 0.702. The molecule has 3 heteroatoms. The predicted molar refractivity (Wildman–Crippen MR) is 75.7 cm³/mol. The molecule has 3 nitrogen and oxygen atoms in total. The molecular weight excluding hydrogens is 236 g/mol. The van der Waals surface area contributed by atoms with Crippen LogP contribution >= 0.6 is 0 Å². The van der Waals surface area contributed by atoms with E-state index in [0.717, 1.165) is 19.4 Å². The number of nitrogens with zero attached hydrogens (tertiary/aromatic N) is 1. The average molecular weight is 258 g/mol. The number of benzene rings is 1. The normalized spacial score (nSPS) is 19.8. The highest BCUT2D eigenvalue weighted by molar-refractivity contribution is 5.75. The number of amides is 2. The van der Waals surface area contributed by atoms with Crippen LogP contribution in [0, 0.1) is 5.92 Å². The van der Waals surface area contributed by atoms with Gasteiger partial charge in [-0.2, -0.15) is 0 Å². The van der Waals surface area contributed by atoms with Crippen LogP contribution in [-0.2, 0) is 6.54 Å². The Hall–Kier alpha value is -1.51. The molecule has 2 aliphatic carbocycles. The quantitative estimate of drug-likeness (QED) is 0.864. The number of carbonyl (C=O) groups is 1. The second kappa shape index (κ2) is 5.24. The van der Waals surface area contributed by atoms with Crippen LogP contribution in [0.15, 0.2) is 30.3 Å². The molecule has 0 heterocycles. The third kappa shape index (κ3) is 3.28. The Balaban J connectivity index is 1.69. The first-order chi connectivity index (χ1) is 9.24. The van der Waals surface area contributed by atoms with Gasteiger partial charge in [-0.1, -0.05) is 30.3 Å². The van der Waals surface area contributed by atoms with Crippen LogP contribution in [0.1, 0.15) is 38.2 Å². The summed E-state index contributed by atoms with van der Waals surface area (Å²) in [4.78, 5) is 14.4. The third-order valence-corrected chi connectivity index (χ3v) is 4.16. The lowest BCUT2D eigenvalue weighted by atomic mass is 10.1. The monoisotopic (exact) mass is 258 g/mol. The van der Waals surface area contributed by atoms with Gasteiger partial charge in [0.2, 0.25) is 0 Å². The molecule has 1 atom stereocenters. The maximum atomic E-state index is 12.4. The molecule has 1 N–H and O–H groups in total. The molecule has 102 valence electrons. The van der Waals surface area contributed by atoms with E-state index in [2.05, 4.69) is 24.4 Å². The summed E-state index contributed by atoms with van der Waals surface area (Å²) in [7, 11) is 0. The first-order valence-electron chi connectivity index (χ1n) is 7.35. The molecule has 2 fully saturated rings. The first kappa shape index (κ1) is 12.5. The summed E-state index contributed by atoms with van der Waals surface area (Å²) < 4.78 is 0. The zero-order chi connectivity index (χ0) is 13.2. The van der Waals surface area contributed by atoms with Gasteiger partial charge in [0.1, 0.15) is 0 Å². The van der Waals surface area contributed by atoms with Crippen LogP contribution in [0.4, 0.5) is 4.79 Å². The zero-order valence-corrected chi connectivity index (χ0v) is 11.5. The Labute approximate surface area is 115 Å². The molecule has 2 aliphatic rings. The fourth-order valence-electron chi connectivity index (χ4n) is 2.50. The number of rotatable bonds is 5. The molecule has 3 rings (SSSR count). The molecule has 2 amide bonds. The van der Waals surface area contributed by atoms with Crippen molar-refractivity contribution < 1.29 is 4.79 Å². The zero-order valence-electron chi connectivity index (χ0n) is 11.5. The van der Waals surface area contributed by atoms with Crippen molar-refractivity contribution in [2.45, 2.75) is 51.2 Å². The van der Waals surface area contributed by atoms with Crippen molar-refractivity contribution in [3.8, 4) is 0 Å². The van der Waals surface area contributed by atoms with E-state index < -0.39 is 0 Å². The van der Waals surface area contributed by atoms with E-state index in [4.69, 9.17) is 0 Å². The predicted octanol–water partition coefficient (Wildman–Crippen LogP) is 3.16. The Morgan fingerprint density at radius 1 is 1.26 bits per heavy atom. The minimum absolute atomic E-state index is 0.116. The number of hydrogen-bond acceptors (Lipinski definition) is 1. The average Bonchev–Trinajstić information content (AvgIpc) is 3.27. The number of carbonyl (C=O) groups excluding carboxylic acids is 1. The van der Waals surface area contributed by atoms with Crippen molar-refractivity contribution in [3.63, 3.8) is 0 Å². The first-order valence-corrected chi connectivity index (χ1v) is 7.35.